The largest absolute Gasteiger partial charge is 0.380 e. The second kappa shape index (κ2) is 3.33. The Morgan fingerprint density at radius 1 is 1.25 bits per heavy atom. The molecule has 4 heteroatoms. The van der Waals surface area contributed by atoms with Gasteiger partial charge in [-0.1, -0.05) is 17.3 Å². The van der Waals surface area contributed by atoms with E-state index in [1.165, 1.54) is 12.1 Å². The van der Waals surface area contributed by atoms with Crippen LogP contribution in [0.4, 0.5) is 10.2 Å². The first-order valence-corrected chi connectivity index (χ1v) is 5.26. The van der Waals surface area contributed by atoms with E-state index in [0.717, 1.165) is 29.7 Å². The van der Waals surface area contributed by atoms with E-state index in [0.29, 0.717) is 11.7 Å². The molecule has 0 bridgehead atoms. The van der Waals surface area contributed by atoms with Crippen molar-refractivity contribution in [1.82, 2.24) is 5.16 Å². The third kappa shape index (κ3) is 1.46. The lowest BCUT2D eigenvalue weighted by Crippen LogP contribution is -1.89. The molecule has 0 atom stereocenters. The molecule has 1 aliphatic rings. The Bertz CT molecular complexity index is 514. The fourth-order valence-corrected chi connectivity index (χ4v) is 1.85. The van der Waals surface area contributed by atoms with Gasteiger partial charge in [0.15, 0.2) is 5.82 Å². The molecule has 0 aliphatic heterocycles. The summed E-state index contributed by atoms with van der Waals surface area (Å²) in [5.41, 5.74) is 7.46. The van der Waals surface area contributed by atoms with Gasteiger partial charge in [-0.15, -0.1) is 0 Å². The average molecular weight is 218 g/mol. The Morgan fingerprint density at radius 2 is 1.94 bits per heavy atom. The van der Waals surface area contributed by atoms with Crippen LogP contribution in [0.1, 0.15) is 24.5 Å². The van der Waals surface area contributed by atoms with Crippen molar-refractivity contribution in [1.29, 1.82) is 0 Å². The number of rotatable bonds is 2. The third-order valence-corrected chi connectivity index (χ3v) is 2.83. The number of nitrogen functional groups attached to an aromatic ring is 1. The first-order chi connectivity index (χ1) is 7.75. The summed E-state index contributed by atoms with van der Waals surface area (Å²) in [5.74, 6) is 1.40. The van der Waals surface area contributed by atoms with Gasteiger partial charge in [0.25, 0.3) is 0 Å². The summed E-state index contributed by atoms with van der Waals surface area (Å²) < 4.78 is 18.1. The minimum atomic E-state index is -0.258. The van der Waals surface area contributed by atoms with Crippen molar-refractivity contribution < 1.29 is 8.91 Å². The van der Waals surface area contributed by atoms with Crippen molar-refractivity contribution in [2.75, 3.05) is 5.73 Å². The van der Waals surface area contributed by atoms with Gasteiger partial charge >= 0.3 is 0 Å². The molecule has 0 saturated heterocycles. The van der Waals surface area contributed by atoms with Crippen LogP contribution < -0.4 is 5.73 Å². The zero-order chi connectivity index (χ0) is 11.1. The lowest BCUT2D eigenvalue weighted by atomic mass is 10.0. The van der Waals surface area contributed by atoms with Gasteiger partial charge in [0, 0.05) is 5.92 Å². The van der Waals surface area contributed by atoms with Gasteiger partial charge < -0.3 is 10.3 Å². The molecule has 2 N–H and O–H groups in total. The number of nitrogens with zero attached hydrogens (tertiary/aromatic N) is 1. The van der Waals surface area contributed by atoms with E-state index in [1.807, 2.05) is 0 Å². The van der Waals surface area contributed by atoms with Gasteiger partial charge in [-0.3, -0.25) is 0 Å². The maximum absolute atomic E-state index is 12.8. The second-order valence-electron chi connectivity index (χ2n) is 4.09. The molecule has 1 aromatic heterocycles. The highest BCUT2D eigenvalue weighted by Crippen LogP contribution is 2.46. The molecule has 1 saturated carbocycles. The highest BCUT2D eigenvalue weighted by molar-refractivity contribution is 5.76. The number of hydrogen-bond donors (Lipinski definition) is 1. The van der Waals surface area contributed by atoms with E-state index in [9.17, 15) is 4.39 Å². The summed E-state index contributed by atoms with van der Waals surface area (Å²) in [4.78, 5) is 0. The smallest absolute Gasteiger partial charge is 0.175 e. The van der Waals surface area contributed by atoms with Crippen molar-refractivity contribution in [3.63, 3.8) is 0 Å². The topological polar surface area (TPSA) is 52.0 Å². The monoisotopic (exact) mass is 218 g/mol. The van der Waals surface area contributed by atoms with Crippen LogP contribution in [0.5, 0.6) is 0 Å². The maximum atomic E-state index is 12.8. The van der Waals surface area contributed by atoms with Crippen LogP contribution in [-0.2, 0) is 0 Å². The summed E-state index contributed by atoms with van der Waals surface area (Å²) in [6.07, 6.45) is 2.23. The van der Waals surface area contributed by atoms with Crippen molar-refractivity contribution in [3.8, 4) is 11.1 Å². The Balaban J connectivity index is 2.10. The predicted molar refractivity (Wildman–Crippen MR) is 58.3 cm³/mol. The molecule has 0 spiro atoms. The molecule has 2 aromatic rings. The summed E-state index contributed by atoms with van der Waals surface area (Å²) in [6, 6.07) is 6.23. The summed E-state index contributed by atoms with van der Waals surface area (Å²) in [5, 5.41) is 3.79. The minimum Gasteiger partial charge on any atom is -0.380 e. The quantitative estimate of drug-likeness (QED) is 0.843. The fourth-order valence-electron chi connectivity index (χ4n) is 1.85. The molecule has 1 aromatic carbocycles. The SMILES string of the molecule is Nc1noc(C2CC2)c1-c1ccc(F)cc1. The van der Waals surface area contributed by atoms with Gasteiger partial charge in [0.1, 0.15) is 11.6 Å². The number of hydrogen-bond acceptors (Lipinski definition) is 3. The van der Waals surface area contributed by atoms with Crippen molar-refractivity contribution >= 4 is 5.82 Å². The minimum absolute atomic E-state index is 0.258. The number of nitrogens with two attached hydrogens (primary N) is 1. The molecule has 1 fully saturated rings. The van der Waals surface area contributed by atoms with E-state index >= 15 is 0 Å². The van der Waals surface area contributed by atoms with Crippen LogP contribution in [0.2, 0.25) is 0 Å². The van der Waals surface area contributed by atoms with E-state index in [-0.39, 0.29) is 5.82 Å². The molecular weight excluding hydrogens is 207 g/mol. The summed E-state index contributed by atoms with van der Waals surface area (Å²) in [6.45, 7) is 0. The zero-order valence-corrected chi connectivity index (χ0v) is 8.61. The molecule has 3 rings (SSSR count). The van der Waals surface area contributed by atoms with Gasteiger partial charge in [-0.25, -0.2) is 4.39 Å². The highest BCUT2D eigenvalue weighted by atomic mass is 19.1. The Morgan fingerprint density at radius 3 is 2.56 bits per heavy atom. The Labute approximate surface area is 92.0 Å². The van der Waals surface area contributed by atoms with Crippen molar-refractivity contribution in [2.24, 2.45) is 0 Å². The average Bonchev–Trinajstić information content (AvgIpc) is 3.05. The predicted octanol–water partition coefficient (Wildman–Crippen LogP) is 2.94. The van der Waals surface area contributed by atoms with E-state index in [1.54, 1.807) is 12.1 Å². The van der Waals surface area contributed by atoms with E-state index in [4.69, 9.17) is 10.3 Å². The first-order valence-electron chi connectivity index (χ1n) is 5.26. The lowest BCUT2D eigenvalue weighted by Gasteiger charge is -2.01. The number of aromatic nitrogens is 1. The van der Waals surface area contributed by atoms with Gasteiger partial charge in [-0.05, 0) is 30.5 Å². The maximum Gasteiger partial charge on any atom is 0.175 e. The molecule has 1 heterocycles. The van der Waals surface area contributed by atoms with Crippen LogP contribution in [0.15, 0.2) is 28.8 Å². The van der Waals surface area contributed by atoms with Crippen LogP contribution >= 0.6 is 0 Å². The molecule has 1 aliphatic carbocycles. The first kappa shape index (κ1) is 9.39. The number of halogens is 1. The zero-order valence-electron chi connectivity index (χ0n) is 8.61. The second-order valence-corrected chi connectivity index (χ2v) is 4.09. The lowest BCUT2D eigenvalue weighted by molar-refractivity contribution is 0.387. The summed E-state index contributed by atoms with van der Waals surface area (Å²) >= 11 is 0. The fraction of sp³-hybridized carbons (Fsp3) is 0.250. The van der Waals surface area contributed by atoms with Crippen molar-refractivity contribution in [2.45, 2.75) is 18.8 Å². The molecule has 3 nitrogen and oxygen atoms in total. The van der Waals surface area contributed by atoms with Gasteiger partial charge in [-0.2, -0.15) is 0 Å². The van der Waals surface area contributed by atoms with Crippen LogP contribution in [0.25, 0.3) is 11.1 Å². The molecule has 82 valence electrons. The third-order valence-electron chi connectivity index (χ3n) is 2.83. The van der Waals surface area contributed by atoms with Crippen LogP contribution in [-0.4, -0.2) is 5.16 Å². The molecular formula is C12H11FN2O. The molecule has 0 radical (unpaired) electrons. The Hall–Kier alpha value is -1.84. The Kier molecular flexibility index (Phi) is 1.96. The van der Waals surface area contributed by atoms with Crippen molar-refractivity contribution in [3.05, 3.63) is 35.8 Å². The van der Waals surface area contributed by atoms with E-state index < -0.39 is 0 Å². The highest BCUT2D eigenvalue weighted by Gasteiger charge is 2.32. The normalized spacial score (nSPS) is 15.3. The standard InChI is InChI=1S/C12H11FN2O/c13-9-5-3-7(4-6-9)10-11(8-1-2-8)16-15-12(10)14/h3-6,8H,1-2H2,(H2,14,15). The number of benzene rings is 1. The van der Waals surface area contributed by atoms with Gasteiger partial charge in [0.2, 0.25) is 0 Å². The molecule has 0 amide bonds. The van der Waals surface area contributed by atoms with Gasteiger partial charge in [0.05, 0.1) is 5.56 Å². The molecule has 0 unspecified atom stereocenters. The number of anilines is 1. The summed E-state index contributed by atoms with van der Waals surface area (Å²) in [7, 11) is 0. The van der Waals surface area contributed by atoms with Crippen LogP contribution in [0.3, 0.4) is 0 Å². The van der Waals surface area contributed by atoms with Crippen LogP contribution in [0, 0.1) is 5.82 Å². The molecule has 16 heavy (non-hydrogen) atoms. The van der Waals surface area contributed by atoms with E-state index in [2.05, 4.69) is 5.16 Å².